The highest BCUT2D eigenvalue weighted by Crippen LogP contribution is 2.30. The van der Waals surface area contributed by atoms with Crippen molar-refractivity contribution in [3.05, 3.63) is 53.6 Å². The van der Waals surface area contributed by atoms with Crippen LogP contribution in [0, 0.1) is 0 Å². The van der Waals surface area contributed by atoms with Crippen molar-refractivity contribution in [2.75, 3.05) is 0 Å². The van der Waals surface area contributed by atoms with Gasteiger partial charge in [0, 0.05) is 12.2 Å². The summed E-state index contributed by atoms with van der Waals surface area (Å²) in [4.78, 5) is 4.18. The van der Waals surface area contributed by atoms with E-state index < -0.39 is 0 Å². The number of imidazole rings is 1. The van der Waals surface area contributed by atoms with E-state index >= 15 is 0 Å². The van der Waals surface area contributed by atoms with Crippen molar-refractivity contribution in [2.24, 2.45) is 0 Å². The third kappa shape index (κ3) is 1.54. The van der Waals surface area contributed by atoms with E-state index in [4.69, 9.17) is 11.6 Å². The normalized spacial score (nSPS) is 15.3. The largest absolute Gasteiger partial charge is 0.330 e. The Bertz CT molecular complexity index is 479. The quantitative estimate of drug-likeness (QED) is 0.728. The van der Waals surface area contributed by atoms with E-state index in [1.165, 1.54) is 11.1 Å². The summed E-state index contributed by atoms with van der Waals surface area (Å²) in [6.07, 6.45) is 5.94. The fourth-order valence-electron chi connectivity index (χ4n) is 2.50. The molecule has 1 aliphatic rings. The van der Waals surface area contributed by atoms with Crippen molar-refractivity contribution in [1.29, 1.82) is 0 Å². The number of hydrogen-bond donors (Lipinski definition) is 0. The molecule has 3 heteroatoms. The zero-order valence-electron chi connectivity index (χ0n) is 8.94. The van der Waals surface area contributed by atoms with Crippen LogP contribution in [0.15, 0.2) is 36.8 Å². The van der Waals surface area contributed by atoms with Gasteiger partial charge in [-0.3, -0.25) is 0 Å². The summed E-state index contributed by atoms with van der Waals surface area (Å²) in [6.45, 7) is 0. The van der Waals surface area contributed by atoms with Crippen molar-refractivity contribution in [1.82, 2.24) is 9.55 Å². The first kappa shape index (κ1) is 9.91. The van der Waals surface area contributed by atoms with Gasteiger partial charge in [-0.05, 0) is 24.0 Å². The van der Waals surface area contributed by atoms with Gasteiger partial charge < -0.3 is 4.57 Å². The van der Waals surface area contributed by atoms with Gasteiger partial charge in [0.25, 0.3) is 0 Å². The van der Waals surface area contributed by atoms with Crippen molar-refractivity contribution in [2.45, 2.75) is 24.8 Å². The minimum Gasteiger partial charge on any atom is -0.330 e. The molecule has 2 nitrogen and oxygen atoms in total. The first-order chi connectivity index (χ1) is 7.88. The summed E-state index contributed by atoms with van der Waals surface area (Å²) in [5.41, 5.74) is 4.03. The van der Waals surface area contributed by atoms with Crippen LogP contribution in [0.25, 0.3) is 0 Å². The molecule has 0 saturated carbocycles. The number of benzene rings is 1. The monoisotopic (exact) mass is 232 g/mol. The summed E-state index contributed by atoms with van der Waals surface area (Å²) < 4.78 is 2.22. The van der Waals surface area contributed by atoms with Gasteiger partial charge in [0.15, 0.2) is 0 Å². The van der Waals surface area contributed by atoms with E-state index in [0.717, 1.165) is 18.5 Å². The summed E-state index contributed by atoms with van der Waals surface area (Å²) in [5, 5.41) is 0. The van der Waals surface area contributed by atoms with Crippen molar-refractivity contribution in [3.63, 3.8) is 0 Å². The maximum absolute atomic E-state index is 5.90. The predicted molar refractivity (Wildman–Crippen MR) is 64.7 cm³/mol. The fourth-order valence-corrected chi connectivity index (χ4v) is 2.70. The third-order valence-corrected chi connectivity index (χ3v) is 3.58. The second-order valence-electron chi connectivity index (χ2n) is 4.26. The number of rotatable bonds is 2. The van der Waals surface area contributed by atoms with Crippen LogP contribution in [-0.4, -0.2) is 9.55 Å². The van der Waals surface area contributed by atoms with Gasteiger partial charge in [0.05, 0.1) is 17.9 Å². The smallest absolute Gasteiger partial charge is 0.0951 e. The predicted octanol–water partition coefficient (Wildman–Crippen LogP) is 2.96. The summed E-state index contributed by atoms with van der Waals surface area (Å²) in [7, 11) is 0. The molecule has 0 radical (unpaired) electrons. The SMILES string of the molecule is ClCc1cncn1C1Cc2ccccc2C1. The van der Waals surface area contributed by atoms with Crippen molar-refractivity contribution >= 4 is 11.6 Å². The topological polar surface area (TPSA) is 17.8 Å². The third-order valence-electron chi connectivity index (χ3n) is 3.31. The first-order valence-corrected chi connectivity index (χ1v) is 6.05. The number of nitrogens with zero attached hydrogens (tertiary/aromatic N) is 2. The molecule has 0 unspecified atom stereocenters. The first-order valence-electron chi connectivity index (χ1n) is 5.52. The second kappa shape index (κ2) is 3.95. The molecule has 82 valence electrons. The number of hydrogen-bond acceptors (Lipinski definition) is 1. The molecule has 0 amide bonds. The van der Waals surface area contributed by atoms with Crippen LogP contribution >= 0.6 is 11.6 Å². The lowest BCUT2D eigenvalue weighted by Crippen LogP contribution is -2.10. The average molecular weight is 233 g/mol. The summed E-state index contributed by atoms with van der Waals surface area (Å²) in [6, 6.07) is 9.14. The van der Waals surface area contributed by atoms with Gasteiger partial charge in [-0.15, -0.1) is 11.6 Å². The van der Waals surface area contributed by atoms with Crippen molar-refractivity contribution < 1.29 is 0 Å². The van der Waals surface area contributed by atoms with Crippen LogP contribution in [0.5, 0.6) is 0 Å². The molecular weight excluding hydrogens is 220 g/mol. The molecule has 2 aromatic rings. The Kier molecular flexibility index (Phi) is 2.44. The molecule has 0 spiro atoms. The second-order valence-corrected chi connectivity index (χ2v) is 4.52. The van der Waals surface area contributed by atoms with Crippen LogP contribution in [-0.2, 0) is 18.7 Å². The lowest BCUT2D eigenvalue weighted by Gasteiger charge is -2.13. The minimum atomic E-state index is 0.494. The molecule has 16 heavy (non-hydrogen) atoms. The Morgan fingerprint density at radius 3 is 2.56 bits per heavy atom. The molecule has 1 aromatic carbocycles. The highest BCUT2D eigenvalue weighted by Gasteiger charge is 2.23. The molecular formula is C13H13ClN2. The molecule has 0 atom stereocenters. The van der Waals surface area contributed by atoms with E-state index in [1.54, 1.807) is 0 Å². The summed E-state index contributed by atoms with van der Waals surface area (Å²) in [5.74, 6) is 0.535. The molecule has 1 aromatic heterocycles. The molecule has 0 aliphatic heterocycles. The Balaban J connectivity index is 1.91. The standard InChI is InChI=1S/C13H13ClN2/c14-7-13-8-15-9-16(13)12-5-10-3-1-2-4-11(10)6-12/h1-4,8-9,12H,5-7H2. The van der Waals surface area contributed by atoms with Gasteiger partial charge in [0.2, 0.25) is 0 Å². The molecule has 1 heterocycles. The van der Waals surface area contributed by atoms with Crippen LogP contribution in [0.2, 0.25) is 0 Å². The van der Waals surface area contributed by atoms with Gasteiger partial charge in [0.1, 0.15) is 0 Å². The number of fused-ring (bicyclic) bond motifs is 1. The molecule has 0 fully saturated rings. The highest BCUT2D eigenvalue weighted by atomic mass is 35.5. The summed E-state index contributed by atoms with van der Waals surface area (Å²) >= 11 is 5.90. The highest BCUT2D eigenvalue weighted by molar-refractivity contribution is 6.16. The van der Waals surface area contributed by atoms with Crippen LogP contribution < -0.4 is 0 Å². The van der Waals surface area contributed by atoms with Gasteiger partial charge in [-0.25, -0.2) is 4.98 Å². The van der Waals surface area contributed by atoms with E-state index in [1.807, 2.05) is 12.5 Å². The van der Waals surface area contributed by atoms with Gasteiger partial charge in [-0.2, -0.15) is 0 Å². The Hall–Kier alpha value is -1.28. The molecule has 3 rings (SSSR count). The van der Waals surface area contributed by atoms with E-state index in [9.17, 15) is 0 Å². The van der Waals surface area contributed by atoms with Gasteiger partial charge in [-0.1, -0.05) is 24.3 Å². The molecule has 1 aliphatic carbocycles. The number of alkyl halides is 1. The zero-order valence-corrected chi connectivity index (χ0v) is 9.69. The molecule has 0 N–H and O–H groups in total. The molecule has 0 saturated heterocycles. The Morgan fingerprint density at radius 2 is 1.94 bits per heavy atom. The van der Waals surface area contributed by atoms with E-state index in [-0.39, 0.29) is 0 Å². The lowest BCUT2D eigenvalue weighted by atomic mass is 10.1. The minimum absolute atomic E-state index is 0.494. The maximum Gasteiger partial charge on any atom is 0.0951 e. The van der Waals surface area contributed by atoms with Crippen LogP contribution in [0.1, 0.15) is 22.9 Å². The Morgan fingerprint density at radius 1 is 1.25 bits per heavy atom. The fraction of sp³-hybridized carbons (Fsp3) is 0.308. The zero-order chi connectivity index (χ0) is 11.0. The molecule has 0 bridgehead atoms. The lowest BCUT2D eigenvalue weighted by molar-refractivity contribution is 0.516. The maximum atomic E-state index is 5.90. The van der Waals surface area contributed by atoms with Gasteiger partial charge >= 0.3 is 0 Å². The van der Waals surface area contributed by atoms with E-state index in [2.05, 4.69) is 33.8 Å². The Labute approximate surface area is 99.9 Å². The number of aromatic nitrogens is 2. The average Bonchev–Trinajstić information content (AvgIpc) is 2.94. The van der Waals surface area contributed by atoms with Crippen molar-refractivity contribution in [3.8, 4) is 0 Å². The van der Waals surface area contributed by atoms with E-state index in [0.29, 0.717) is 11.9 Å². The van der Waals surface area contributed by atoms with Crippen LogP contribution in [0.4, 0.5) is 0 Å². The number of halogens is 1. The van der Waals surface area contributed by atoms with Crippen LogP contribution in [0.3, 0.4) is 0 Å².